The summed E-state index contributed by atoms with van der Waals surface area (Å²) in [5.41, 5.74) is 10.4. The topological polar surface area (TPSA) is 269 Å². The van der Waals surface area contributed by atoms with Crippen molar-refractivity contribution < 1.29 is 118 Å². The highest BCUT2D eigenvalue weighted by Crippen LogP contribution is 2.36. The number of hydrogen-bond acceptors (Lipinski definition) is 24. The molecule has 12 aromatic rings. The molecule has 690 valence electrons. The van der Waals surface area contributed by atoms with Crippen LogP contribution < -0.4 is 56.8 Å². The molecule has 0 aromatic heterocycles. The van der Waals surface area contributed by atoms with Crippen molar-refractivity contribution in [1.29, 1.82) is 0 Å². The number of rotatable bonds is 24. The highest BCUT2D eigenvalue weighted by molar-refractivity contribution is 14.1. The zero-order chi connectivity index (χ0) is 95.8. The molecule has 0 radical (unpaired) electrons. The molecule has 0 spiro atoms. The third kappa shape index (κ3) is 35.1. The Labute approximate surface area is 814 Å². The summed E-state index contributed by atoms with van der Waals surface area (Å²) in [6.45, 7) is 14.4. The van der Waals surface area contributed by atoms with Gasteiger partial charge in [0.05, 0.1) is 58.8 Å². The van der Waals surface area contributed by atoms with Gasteiger partial charge in [0, 0.05) is 60.4 Å². The average Bonchev–Trinajstić information content (AvgIpc) is 0.859. The van der Waals surface area contributed by atoms with Crippen molar-refractivity contribution in [3.63, 3.8) is 0 Å². The molecule has 0 heterocycles. The number of aryl methyl sites for hydroxylation is 7. The number of methoxy groups -OCH3 is 6. The first kappa shape index (κ1) is 106. The molecule has 0 saturated carbocycles. The fourth-order valence-corrected chi connectivity index (χ4v) is 12.8. The Morgan fingerprint density at radius 1 is 0.267 bits per heavy atom. The number of para-hydroxylation sites is 1. The van der Waals surface area contributed by atoms with Crippen LogP contribution in [-0.4, -0.2) is 79.6 Å². The lowest BCUT2D eigenvalue weighted by atomic mass is 10.1. The predicted octanol–water partition coefficient (Wildman–Crippen LogP) is 28.7. The fraction of sp³-hybridized carbons (Fsp3) is 0.196. The Kier molecular flexibility index (Phi) is 44.4. The molecule has 0 bridgehead atoms. The minimum Gasteiger partial charge on any atom is -0.489 e. The van der Waals surface area contributed by atoms with Crippen LogP contribution in [0.1, 0.15) is 72.3 Å². The van der Waals surface area contributed by atoms with Gasteiger partial charge in [-0.05, 0) is 243 Å². The number of carbonyl (C=O) groups excluding carboxylic acids is 6. The highest BCUT2D eigenvalue weighted by atomic mass is 127. The quantitative estimate of drug-likeness (QED) is 0.0235. The van der Waals surface area contributed by atoms with Gasteiger partial charge in [-0.15, -0.1) is 0 Å². The van der Waals surface area contributed by atoms with Crippen molar-refractivity contribution in [2.24, 2.45) is 0 Å². The molecule has 0 amide bonds. The van der Waals surface area contributed by atoms with Crippen molar-refractivity contribution in [1.82, 2.24) is 0 Å². The molecule has 0 aliphatic rings. The molecule has 12 aromatic carbocycles. The predicted molar refractivity (Wildman–Crippen MR) is 510 cm³/mol. The lowest BCUT2D eigenvalue weighted by Gasteiger charge is -2.13. The molecule has 0 N–H and O–H groups in total. The van der Waals surface area contributed by atoms with Crippen LogP contribution in [0.4, 0.5) is 33.2 Å². The van der Waals surface area contributed by atoms with Gasteiger partial charge in [-0.3, -0.25) is 0 Å². The molecule has 24 nitrogen and oxygen atoms in total. The minimum absolute atomic E-state index is 0.0464. The smallest absolute Gasteiger partial charge is 0.489 e. The molecule has 0 fully saturated rings. The van der Waals surface area contributed by atoms with Crippen LogP contribution >= 0.6 is 120 Å². The standard InChI is InChI=1S/C17H17ClO4.C16H14BrClO4.C16H14Cl2O4.C16H14ClFO4.C16H14ClIO4.C16H15ClO4/c1-11-5-4-6-16(22-17(19)20-3)14(11)10-21-13-8-7-12(2)15(18)9-13;2*1-10-6-7-11(8-14(10)18)21-9-12-13(17)4-3-5-15(12)22-16(19)20-2;2*1-10-6-7-11(8-13(10)17)21-9-12-14(18)4-3-5-15(12)22-16(19)20-2;1-11-7-8-13(9-14(11)17)20-10-12-5-3-4-6-15(12)21-16(18)19-2/h4-9H,10H2,1-3H3;4*3-8H,9H2,1-2H3;3-9H,10H2,1-2H3. The Morgan fingerprint density at radius 3 is 0.893 bits per heavy atom. The average molecular weight is 2110 g/mol. The summed E-state index contributed by atoms with van der Waals surface area (Å²) < 4.78 is 107. The largest absolute Gasteiger partial charge is 0.513 e. The van der Waals surface area contributed by atoms with Crippen molar-refractivity contribution in [2.45, 2.75) is 88.1 Å². The van der Waals surface area contributed by atoms with Crippen LogP contribution in [0.2, 0.25) is 35.2 Å². The molecule has 0 aliphatic heterocycles. The number of ether oxygens (including phenoxy) is 18. The number of hydrogen-bond donors (Lipinski definition) is 0. The molecule has 34 heteroatoms. The van der Waals surface area contributed by atoms with Gasteiger partial charge in [0.2, 0.25) is 0 Å². The second-order valence-corrected chi connectivity index (χ2v) is 31.9. The van der Waals surface area contributed by atoms with Crippen molar-refractivity contribution in [3.8, 4) is 69.0 Å². The summed E-state index contributed by atoms with van der Waals surface area (Å²) in [6, 6.07) is 64.8. The number of benzene rings is 12. The van der Waals surface area contributed by atoms with Crippen LogP contribution in [0.25, 0.3) is 0 Å². The van der Waals surface area contributed by atoms with Crippen LogP contribution in [0, 0.1) is 57.9 Å². The van der Waals surface area contributed by atoms with Gasteiger partial charge in [0.15, 0.2) is 0 Å². The molecule has 0 saturated heterocycles. The zero-order valence-electron chi connectivity index (χ0n) is 72.7. The molecule has 12 rings (SSSR count). The third-order valence-electron chi connectivity index (χ3n) is 18.0. The van der Waals surface area contributed by atoms with Crippen LogP contribution in [0.5, 0.6) is 69.0 Å². The molecule has 0 aliphatic carbocycles. The van der Waals surface area contributed by atoms with E-state index in [9.17, 15) is 33.2 Å². The van der Waals surface area contributed by atoms with Gasteiger partial charge < -0.3 is 85.3 Å². The van der Waals surface area contributed by atoms with Crippen molar-refractivity contribution in [3.05, 3.63) is 346 Å². The summed E-state index contributed by atoms with van der Waals surface area (Å²) in [7, 11) is 7.45. The number of carbonyl (C=O) groups is 6. The van der Waals surface area contributed by atoms with Gasteiger partial charge in [0.1, 0.15) is 114 Å². The van der Waals surface area contributed by atoms with E-state index in [0.29, 0.717) is 104 Å². The third-order valence-corrected chi connectivity index (χ3v) is 22.5. The first-order valence-electron chi connectivity index (χ1n) is 38.8. The maximum absolute atomic E-state index is 13.9. The van der Waals surface area contributed by atoms with E-state index < -0.39 is 42.7 Å². The summed E-state index contributed by atoms with van der Waals surface area (Å²) in [5, 5.41) is 4.17. The van der Waals surface area contributed by atoms with E-state index in [-0.39, 0.29) is 56.7 Å². The molecular weight excluding hydrogens is 2020 g/mol. The van der Waals surface area contributed by atoms with Crippen LogP contribution in [0.15, 0.2) is 229 Å². The Hall–Kier alpha value is -11.8. The van der Waals surface area contributed by atoms with Gasteiger partial charge in [0.25, 0.3) is 0 Å². The monoisotopic (exact) mass is 2110 g/mol. The van der Waals surface area contributed by atoms with Crippen molar-refractivity contribution >= 4 is 157 Å². The van der Waals surface area contributed by atoms with Gasteiger partial charge in [-0.1, -0.05) is 188 Å². The second kappa shape index (κ2) is 54.8. The molecule has 0 unspecified atom stereocenters. The number of halogens is 10. The minimum atomic E-state index is -0.926. The van der Waals surface area contributed by atoms with Crippen molar-refractivity contribution in [2.75, 3.05) is 42.7 Å². The first-order valence-corrected chi connectivity index (χ1v) is 43.3. The first-order chi connectivity index (χ1) is 62.6. The summed E-state index contributed by atoms with van der Waals surface area (Å²) in [5.74, 6) is 5.09. The maximum Gasteiger partial charge on any atom is 0.513 e. The Balaban J connectivity index is 0.000000215. The fourth-order valence-electron chi connectivity index (χ4n) is 10.5. The van der Waals surface area contributed by atoms with E-state index in [1.807, 2.05) is 133 Å². The lowest BCUT2D eigenvalue weighted by molar-refractivity contribution is 0.119. The Morgan fingerprint density at radius 2 is 0.527 bits per heavy atom. The van der Waals surface area contributed by atoms with Gasteiger partial charge in [-0.2, -0.15) is 0 Å². The zero-order valence-corrected chi connectivity index (χ0v) is 81.7. The van der Waals surface area contributed by atoms with E-state index >= 15 is 0 Å². The molecule has 0 atom stereocenters. The highest BCUT2D eigenvalue weighted by Gasteiger charge is 2.21. The van der Waals surface area contributed by atoms with E-state index in [1.165, 1.54) is 60.9 Å². The summed E-state index contributed by atoms with van der Waals surface area (Å²) in [4.78, 5) is 67.5. The Bertz CT molecular complexity index is 5220. The molecular formula is C97H88BrCl7FIO24. The summed E-state index contributed by atoms with van der Waals surface area (Å²) >= 11 is 48.1. The SMILES string of the molecule is COC(=O)Oc1cccc(Br)c1COc1ccc(C)c(Cl)c1.COC(=O)Oc1cccc(C)c1COc1ccc(C)c(Cl)c1.COC(=O)Oc1cccc(Cl)c1COc1ccc(C)c(Cl)c1.COC(=O)Oc1cccc(F)c1COc1ccc(C)c(Cl)c1.COC(=O)Oc1cccc(I)c1COc1ccc(C)c(Cl)c1.COC(=O)Oc1ccccc1COc1ccc(C)c(Cl)c1. The van der Waals surface area contributed by atoms with E-state index in [2.05, 4.69) is 66.9 Å². The van der Waals surface area contributed by atoms with Crippen LogP contribution in [0.3, 0.4) is 0 Å². The van der Waals surface area contributed by atoms with Crippen LogP contribution in [-0.2, 0) is 68.1 Å². The molecule has 131 heavy (non-hydrogen) atoms. The van der Waals surface area contributed by atoms with Gasteiger partial charge in [-0.25, -0.2) is 33.2 Å². The summed E-state index contributed by atoms with van der Waals surface area (Å²) in [6.07, 6.45) is -4.81. The van der Waals surface area contributed by atoms with E-state index in [0.717, 1.165) is 63.7 Å². The van der Waals surface area contributed by atoms with Gasteiger partial charge >= 0.3 is 36.9 Å². The van der Waals surface area contributed by atoms with E-state index in [4.69, 9.17) is 138 Å². The maximum atomic E-state index is 13.9. The van der Waals surface area contributed by atoms with E-state index in [1.54, 1.807) is 121 Å². The lowest BCUT2D eigenvalue weighted by Crippen LogP contribution is -2.10. The second-order valence-electron chi connectivity index (χ2n) is 27.1. The normalized spacial score (nSPS) is 10.2.